The smallest absolute Gasteiger partial charge is 0.341 e. The zero-order valence-electron chi connectivity index (χ0n) is 12.5. The normalized spacial score (nSPS) is 10.8. The van der Waals surface area contributed by atoms with E-state index in [1.807, 2.05) is 36.4 Å². The van der Waals surface area contributed by atoms with Crippen molar-refractivity contribution < 1.29 is 14.6 Å². The second-order valence-corrected chi connectivity index (χ2v) is 5.24. The highest BCUT2D eigenvalue weighted by atomic mass is 16.5. The fourth-order valence-corrected chi connectivity index (χ4v) is 2.58. The number of carbonyl (C=O) groups is 1. The lowest BCUT2D eigenvalue weighted by Crippen LogP contribution is -2.03. The third-order valence-electron chi connectivity index (χ3n) is 3.66. The molecule has 0 aliphatic heterocycles. The molecular weight excluding hydrogens is 304 g/mol. The van der Waals surface area contributed by atoms with Crippen molar-refractivity contribution in [1.82, 2.24) is 9.97 Å². The molecule has 1 heterocycles. The van der Waals surface area contributed by atoms with Crippen LogP contribution in [0.15, 0.2) is 66.7 Å². The standard InChI is InChI=1S/C19H12N2O3/c22-19(23)17-16(24-12-6-2-1-3-7-12)11-10-15-18(17)21-14-9-5-4-8-13(14)20-15/h1-11H,(H,22,23). The minimum absolute atomic E-state index is 0.00889. The topological polar surface area (TPSA) is 72.3 Å². The Bertz CT molecular complexity index is 1060. The summed E-state index contributed by atoms with van der Waals surface area (Å²) in [6.45, 7) is 0. The number of carboxylic acids is 1. The van der Waals surface area contributed by atoms with E-state index < -0.39 is 5.97 Å². The number of hydrogen-bond acceptors (Lipinski definition) is 4. The summed E-state index contributed by atoms with van der Waals surface area (Å²) >= 11 is 0. The van der Waals surface area contributed by atoms with E-state index >= 15 is 0 Å². The lowest BCUT2D eigenvalue weighted by molar-refractivity contribution is 0.0696. The van der Waals surface area contributed by atoms with Gasteiger partial charge < -0.3 is 9.84 Å². The summed E-state index contributed by atoms with van der Waals surface area (Å²) in [6.07, 6.45) is 0. The van der Waals surface area contributed by atoms with E-state index in [1.54, 1.807) is 30.3 Å². The molecule has 3 aromatic carbocycles. The van der Waals surface area contributed by atoms with Crippen molar-refractivity contribution in [2.75, 3.05) is 0 Å². The van der Waals surface area contributed by atoms with Gasteiger partial charge >= 0.3 is 5.97 Å². The minimum Gasteiger partial charge on any atom is -0.477 e. The molecule has 0 aliphatic carbocycles. The van der Waals surface area contributed by atoms with Crippen molar-refractivity contribution in [2.45, 2.75) is 0 Å². The highest BCUT2D eigenvalue weighted by Crippen LogP contribution is 2.31. The molecular formula is C19H12N2O3. The Balaban J connectivity index is 1.95. The van der Waals surface area contributed by atoms with Gasteiger partial charge in [0.05, 0.1) is 16.6 Å². The van der Waals surface area contributed by atoms with E-state index in [0.29, 0.717) is 22.3 Å². The SMILES string of the molecule is O=C(O)c1c(Oc2ccccc2)ccc2nc3ccccc3nc12. The van der Waals surface area contributed by atoms with Gasteiger partial charge in [-0.15, -0.1) is 0 Å². The molecule has 1 aromatic heterocycles. The molecule has 0 saturated heterocycles. The third-order valence-corrected chi connectivity index (χ3v) is 3.66. The van der Waals surface area contributed by atoms with Gasteiger partial charge in [0.1, 0.15) is 22.6 Å². The maximum absolute atomic E-state index is 11.8. The van der Waals surface area contributed by atoms with Crippen LogP contribution in [-0.2, 0) is 0 Å². The van der Waals surface area contributed by atoms with E-state index in [9.17, 15) is 9.90 Å². The summed E-state index contributed by atoms with van der Waals surface area (Å²) in [5.41, 5.74) is 2.21. The molecule has 0 aliphatic rings. The van der Waals surface area contributed by atoms with Gasteiger partial charge in [0.2, 0.25) is 0 Å². The van der Waals surface area contributed by atoms with Crippen LogP contribution in [0.4, 0.5) is 0 Å². The number of ether oxygens (including phenoxy) is 1. The predicted octanol–water partition coefficient (Wildman–Crippen LogP) is 4.27. The first-order valence-corrected chi connectivity index (χ1v) is 7.38. The molecule has 0 unspecified atom stereocenters. The van der Waals surface area contributed by atoms with Gasteiger partial charge in [-0.25, -0.2) is 14.8 Å². The lowest BCUT2D eigenvalue weighted by atomic mass is 10.1. The molecule has 0 spiro atoms. The highest BCUT2D eigenvalue weighted by molar-refractivity contribution is 6.05. The zero-order chi connectivity index (χ0) is 16.5. The summed E-state index contributed by atoms with van der Waals surface area (Å²) in [7, 11) is 0. The molecule has 4 rings (SSSR count). The number of aromatic carboxylic acids is 1. The van der Waals surface area contributed by atoms with Gasteiger partial charge in [-0.2, -0.15) is 0 Å². The first-order valence-electron chi connectivity index (χ1n) is 7.38. The van der Waals surface area contributed by atoms with E-state index in [-0.39, 0.29) is 11.3 Å². The van der Waals surface area contributed by atoms with Crippen molar-refractivity contribution in [1.29, 1.82) is 0 Å². The molecule has 0 bridgehead atoms. The number of benzene rings is 3. The molecule has 0 fully saturated rings. The highest BCUT2D eigenvalue weighted by Gasteiger charge is 2.19. The first-order chi connectivity index (χ1) is 11.7. The second kappa shape index (κ2) is 5.62. The fraction of sp³-hybridized carbons (Fsp3) is 0. The predicted molar refractivity (Wildman–Crippen MR) is 90.5 cm³/mol. The number of nitrogens with zero attached hydrogens (tertiary/aromatic N) is 2. The molecule has 0 amide bonds. The summed E-state index contributed by atoms with van der Waals surface area (Å²) in [5, 5.41) is 9.67. The molecule has 4 aromatic rings. The number of fused-ring (bicyclic) bond motifs is 2. The van der Waals surface area contributed by atoms with Crippen LogP contribution >= 0.6 is 0 Å². The first kappa shape index (κ1) is 14.1. The van der Waals surface area contributed by atoms with Crippen molar-refractivity contribution in [2.24, 2.45) is 0 Å². The van der Waals surface area contributed by atoms with Gasteiger partial charge in [0, 0.05) is 0 Å². The Morgan fingerprint density at radius 1 is 0.792 bits per heavy atom. The van der Waals surface area contributed by atoms with Gasteiger partial charge in [0.25, 0.3) is 0 Å². The van der Waals surface area contributed by atoms with Crippen molar-refractivity contribution in [3.8, 4) is 11.5 Å². The Labute approximate surface area is 137 Å². The Kier molecular flexibility index (Phi) is 3.31. The third kappa shape index (κ3) is 2.42. The molecule has 116 valence electrons. The maximum atomic E-state index is 11.8. The summed E-state index contributed by atoms with van der Waals surface area (Å²) in [6, 6.07) is 19.7. The van der Waals surface area contributed by atoms with Crippen molar-refractivity contribution in [3.05, 3.63) is 72.3 Å². The van der Waals surface area contributed by atoms with E-state index in [1.165, 1.54) is 0 Å². The maximum Gasteiger partial charge on any atom is 0.341 e. The fourth-order valence-electron chi connectivity index (χ4n) is 2.58. The lowest BCUT2D eigenvalue weighted by Gasteiger charge is -2.11. The Morgan fingerprint density at radius 2 is 1.46 bits per heavy atom. The van der Waals surface area contributed by atoms with Crippen molar-refractivity contribution in [3.63, 3.8) is 0 Å². The van der Waals surface area contributed by atoms with Crippen LogP contribution < -0.4 is 4.74 Å². The second-order valence-electron chi connectivity index (χ2n) is 5.24. The van der Waals surface area contributed by atoms with Gasteiger partial charge in [-0.1, -0.05) is 30.3 Å². The Hall–Kier alpha value is -3.47. The minimum atomic E-state index is -1.10. The quantitative estimate of drug-likeness (QED) is 0.571. The average Bonchev–Trinajstić information content (AvgIpc) is 2.60. The molecule has 5 heteroatoms. The van der Waals surface area contributed by atoms with Crippen LogP contribution in [0.3, 0.4) is 0 Å². The number of hydrogen-bond donors (Lipinski definition) is 1. The van der Waals surface area contributed by atoms with Crippen LogP contribution in [-0.4, -0.2) is 21.0 Å². The summed E-state index contributed by atoms with van der Waals surface area (Å²) < 4.78 is 5.74. The van der Waals surface area contributed by atoms with Gasteiger partial charge in [-0.05, 0) is 36.4 Å². The number of carboxylic acid groups (broad SMARTS) is 1. The van der Waals surface area contributed by atoms with Gasteiger partial charge in [-0.3, -0.25) is 0 Å². The van der Waals surface area contributed by atoms with E-state index in [0.717, 1.165) is 5.52 Å². The number of para-hydroxylation sites is 3. The zero-order valence-corrected chi connectivity index (χ0v) is 12.5. The van der Waals surface area contributed by atoms with Crippen LogP contribution in [0.25, 0.3) is 22.1 Å². The van der Waals surface area contributed by atoms with E-state index in [2.05, 4.69) is 9.97 Å². The summed E-state index contributed by atoms with van der Waals surface area (Å²) in [5.74, 6) is -0.296. The molecule has 5 nitrogen and oxygen atoms in total. The molecule has 0 saturated carbocycles. The molecule has 0 radical (unpaired) electrons. The van der Waals surface area contributed by atoms with Gasteiger partial charge in [0.15, 0.2) is 0 Å². The van der Waals surface area contributed by atoms with Crippen molar-refractivity contribution >= 4 is 28.0 Å². The van der Waals surface area contributed by atoms with Crippen LogP contribution in [0.2, 0.25) is 0 Å². The van der Waals surface area contributed by atoms with Crippen LogP contribution in [0.5, 0.6) is 11.5 Å². The summed E-state index contributed by atoms with van der Waals surface area (Å²) in [4.78, 5) is 20.8. The van der Waals surface area contributed by atoms with Crippen LogP contribution in [0, 0.1) is 0 Å². The number of aromatic nitrogens is 2. The molecule has 24 heavy (non-hydrogen) atoms. The monoisotopic (exact) mass is 316 g/mol. The van der Waals surface area contributed by atoms with Crippen LogP contribution in [0.1, 0.15) is 10.4 Å². The molecule has 0 atom stereocenters. The number of rotatable bonds is 3. The largest absolute Gasteiger partial charge is 0.477 e. The molecule has 1 N–H and O–H groups in total. The van der Waals surface area contributed by atoms with E-state index in [4.69, 9.17) is 4.74 Å². The Morgan fingerprint density at radius 3 is 2.17 bits per heavy atom. The average molecular weight is 316 g/mol.